The third kappa shape index (κ3) is 11.6. The molecule has 0 aromatic carbocycles. The summed E-state index contributed by atoms with van der Waals surface area (Å²) in [6.07, 6.45) is 5.01. The minimum Gasteiger partial charge on any atom is -0.411 e. The number of hydrogen-bond donors (Lipinski definition) is 0. The zero-order valence-corrected chi connectivity index (χ0v) is 14.5. The van der Waals surface area contributed by atoms with Gasteiger partial charge in [-0.2, -0.15) is 0 Å². The zero-order valence-electron chi connectivity index (χ0n) is 10.8. The van der Waals surface area contributed by atoms with E-state index in [0.29, 0.717) is 4.32 Å². The third-order valence-corrected chi connectivity index (χ3v) is 2.80. The summed E-state index contributed by atoms with van der Waals surface area (Å²) in [5, 5.41) is 0. The second-order valence-corrected chi connectivity index (χ2v) is 4.55. The van der Waals surface area contributed by atoms with Gasteiger partial charge in [0.1, 0.15) is 0 Å². The normalized spacial score (nSPS) is 9.62. The minimum atomic E-state index is 0. The number of ether oxygens (including phenoxy) is 1. The van der Waals surface area contributed by atoms with E-state index in [9.17, 15) is 0 Å². The molecule has 0 aliphatic rings. The predicted octanol–water partition coefficient (Wildman–Crippen LogP) is -0.259. The molecule has 90 valence electrons. The SMILES string of the molecule is CCCCCCOCCN(CC)C(=S)[S-].[Na+]. The maximum Gasteiger partial charge on any atom is 1.00 e. The van der Waals surface area contributed by atoms with Crippen LogP contribution >= 0.6 is 12.2 Å². The van der Waals surface area contributed by atoms with Crippen molar-refractivity contribution < 1.29 is 34.3 Å². The molecule has 16 heavy (non-hydrogen) atoms. The molecule has 0 aliphatic carbocycles. The van der Waals surface area contributed by atoms with Crippen molar-refractivity contribution in [1.82, 2.24) is 4.90 Å². The monoisotopic (exact) mass is 271 g/mol. The van der Waals surface area contributed by atoms with E-state index in [2.05, 4.69) is 13.8 Å². The fourth-order valence-corrected chi connectivity index (χ4v) is 1.73. The van der Waals surface area contributed by atoms with Crippen LogP contribution in [0.25, 0.3) is 0 Å². The average Bonchev–Trinajstić information content (AvgIpc) is 2.21. The van der Waals surface area contributed by atoms with E-state index in [0.717, 1.165) is 32.7 Å². The van der Waals surface area contributed by atoms with Crippen molar-refractivity contribution in [3.8, 4) is 0 Å². The van der Waals surface area contributed by atoms with Crippen molar-refractivity contribution in [2.24, 2.45) is 0 Å². The molecule has 0 fully saturated rings. The van der Waals surface area contributed by atoms with Crippen molar-refractivity contribution in [3.63, 3.8) is 0 Å². The van der Waals surface area contributed by atoms with Gasteiger partial charge >= 0.3 is 29.6 Å². The van der Waals surface area contributed by atoms with E-state index < -0.39 is 0 Å². The van der Waals surface area contributed by atoms with Crippen LogP contribution in [0.5, 0.6) is 0 Å². The molecule has 0 atom stereocenters. The van der Waals surface area contributed by atoms with E-state index in [-0.39, 0.29) is 29.6 Å². The summed E-state index contributed by atoms with van der Waals surface area (Å²) < 4.78 is 6.06. The Morgan fingerprint density at radius 2 is 1.88 bits per heavy atom. The second kappa shape index (κ2) is 14.1. The molecule has 0 aromatic rings. The molecule has 0 heterocycles. The summed E-state index contributed by atoms with van der Waals surface area (Å²) in [6.45, 7) is 7.57. The Morgan fingerprint density at radius 3 is 2.38 bits per heavy atom. The van der Waals surface area contributed by atoms with Crippen molar-refractivity contribution >= 4 is 29.2 Å². The van der Waals surface area contributed by atoms with E-state index in [1.165, 1.54) is 19.3 Å². The molecular formula is C11H22NNaOS2. The van der Waals surface area contributed by atoms with Crippen LogP contribution in [0.3, 0.4) is 0 Å². The van der Waals surface area contributed by atoms with Gasteiger partial charge in [-0.3, -0.25) is 0 Å². The Morgan fingerprint density at radius 1 is 1.19 bits per heavy atom. The quantitative estimate of drug-likeness (QED) is 0.248. The van der Waals surface area contributed by atoms with Crippen LogP contribution in [0.15, 0.2) is 0 Å². The summed E-state index contributed by atoms with van der Waals surface area (Å²) in [4.78, 5) is 1.98. The van der Waals surface area contributed by atoms with Crippen LogP contribution in [0.1, 0.15) is 39.5 Å². The molecule has 0 aliphatic heterocycles. The summed E-state index contributed by atoms with van der Waals surface area (Å²) in [6, 6.07) is 0. The van der Waals surface area contributed by atoms with Gasteiger partial charge in [0.2, 0.25) is 0 Å². The van der Waals surface area contributed by atoms with Gasteiger partial charge in [0.05, 0.1) is 6.61 Å². The summed E-state index contributed by atoms with van der Waals surface area (Å²) in [5.74, 6) is 0. The van der Waals surface area contributed by atoms with Gasteiger partial charge < -0.3 is 34.5 Å². The second-order valence-electron chi connectivity index (χ2n) is 3.52. The Hall–Kier alpha value is 1.07. The van der Waals surface area contributed by atoms with E-state index in [4.69, 9.17) is 29.6 Å². The van der Waals surface area contributed by atoms with E-state index >= 15 is 0 Å². The van der Waals surface area contributed by atoms with Gasteiger partial charge in [0.25, 0.3) is 0 Å². The van der Waals surface area contributed by atoms with Crippen LogP contribution in [0.4, 0.5) is 0 Å². The third-order valence-electron chi connectivity index (χ3n) is 2.29. The molecule has 0 amide bonds. The Kier molecular flexibility index (Phi) is 17.1. The maximum absolute atomic E-state index is 5.52. The first-order valence-corrected chi connectivity index (χ1v) is 6.57. The van der Waals surface area contributed by atoms with Crippen molar-refractivity contribution in [2.75, 3.05) is 26.3 Å². The molecular weight excluding hydrogens is 249 g/mol. The molecule has 0 spiro atoms. The van der Waals surface area contributed by atoms with Crippen molar-refractivity contribution in [1.29, 1.82) is 0 Å². The number of hydrogen-bond acceptors (Lipinski definition) is 3. The van der Waals surface area contributed by atoms with Gasteiger partial charge in [0.15, 0.2) is 0 Å². The number of rotatable bonds is 9. The van der Waals surface area contributed by atoms with Crippen LogP contribution in [0.2, 0.25) is 0 Å². The van der Waals surface area contributed by atoms with Crippen LogP contribution in [-0.2, 0) is 17.4 Å². The molecule has 0 saturated heterocycles. The molecule has 0 rings (SSSR count). The fraction of sp³-hybridized carbons (Fsp3) is 0.909. The molecule has 0 unspecified atom stereocenters. The van der Waals surface area contributed by atoms with Gasteiger partial charge in [-0.25, -0.2) is 0 Å². The average molecular weight is 271 g/mol. The summed E-state index contributed by atoms with van der Waals surface area (Å²) >= 11 is 9.87. The minimum absolute atomic E-state index is 0. The van der Waals surface area contributed by atoms with E-state index in [1.807, 2.05) is 4.90 Å². The first-order valence-electron chi connectivity index (χ1n) is 5.76. The predicted molar refractivity (Wildman–Crippen MR) is 72.2 cm³/mol. The van der Waals surface area contributed by atoms with Crippen molar-refractivity contribution in [2.45, 2.75) is 39.5 Å². The molecule has 0 radical (unpaired) electrons. The molecule has 0 saturated carbocycles. The molecule has 2 nitrogen and oxygen atoms in total. The van der Waals surface area contributed by atoms with Gasteiger partial charge in [-0.05, 0) is 13.3 Å². The van der Waals surface area contributed by atoms with Crippen LogP contribution in [-0.4, -0.2) is 35.5 Å². The van der Waals surface area contributed by atoms with Crippen molar-refractivity contribution in [3.05, 3.63) is 0 Å². The molecule has 0 aromatic heterocycles. The summed E-state index contributed by atoms with van der Waals surface area (Å²) in [5.41, 5.74) is 0. The largest absolute Gasteiger partial charge is 1.00 e. The topological polar surface area (TPSA) is 12.5 Å². The van der Waals surface area contributed by atoms with Gasteiger partial charge in [0, 0.05) is 19.7 Å². The number of likely N-dealkylation sites (N-methyl/N-ethyl adjacent to an activating group) is 1. The Balaban J connectivity index is 0. The maximum atomic E-state index is 5.52. The Labute approximate surface area is 133 Å². The molecule has 0 bridgehead atoms. The van der Waals surface area contributed by atoms with E-state index in [1.54, 1.807) is 0 Å². The number of unbranched alkanes of at least 4 members (excludes halogenated alkanes) is 3. The first-order chi connectivity index (χ1) is 7.22. The molecule has 5 heteroatoms. The number of nitrogens with zero attached hydrogens (tertiary/aromatic N) is 1. The fourth-order valence-electron chi connectivity index (χ4n) is 1.29. The van der Waals surface area contributed by atoms with Gasteiger partial charge in [-0.1, -0.05) is 30.5 Å². The number of thiocarbonyl (C=S) groups is 1. The zero-order chi connectivity index (χ0) is 11.5. The van der Waals surface area contributed by atoms with Crippen LogP contribution < -0.4 is 29.6 Å². The Bertz CT molecular complexity index is 170. The standard InChI is InChI=1S/C11H23NOS2.Na/c1-3-5-6-7-9-13-10-8-12(4-2)11(14)15;/h3-10H2,1-2H3,(H,14,15);/q;+1/p-1. The summed E-state index contributed by atoms with van der Waals surface area (Å²) in [7, 11) is 0. The smallest absolute Gasteiger partial charge is 0.411 e. The van der Waals surface area contributed by atoms with Crippen LogP contribution in [0, 0.1) is 0 Å². The van der Waals surface area contributed by atoms with Gasteiger partial charge in [-0.15, -0.1) is 0 Å². The first kappa shape index (κ1) is 19.4. The molecule has 0 N–H and O–H groups in total.